The third kappa shape index (κ3) is 2.66. The van der Waals surface area contributed by atoms with E-state index in [1.54, 1.807) is 6.07 Å². The lowest BCUT2D eigenvalue weighted by Gasteiger charge is -2.07. The molecule has 0 spiro atoms. The maximum absolute atomic E-state index is 9.62. The molecule has 0 heterocycles. The van der Waals surface area contributed by atoms with E-state index in [0.29, 0.717) is 18.4 Å². The number of hydrogen-bond donors (Lipinski definition) is 4. The van der Waals surface area contributed by atoms with E-state index in [9.17, 15) is 20.4 Å². The summed E-state index contributed by atoms with van der Waals surface area (Å²) in [6, 6.07) is 8.91. The first kappa shape index (κ1) is 12.1. The van der Waals surface area contributed by atoms with Crippen LogP contribution in [-0.2, 0) is 12.8 Å². The average molecular weight is 246 g/mol. The van der Waals surface area contributed by atoms with Crippen LogP contribution in [0.4, 0.5) is 0 Å². The van der Waals surface area contributed by atoms with Gasteiger partial charge in [-0.15, -0.1) is 0 Å². The van der Waals surface area contributed by atoms with E-state index in [0.717, 1.165) is 5.56 Å². The van der Waals surface area contributed by atoms with Crippen molar-refractivity contribution in [3.05, 3.63) is 47.5 Å². The Hall–Kier alpha value is -2.36. The molecule has 0 saturated carbocycles. The van der Waals surface area contributed by atoms with Gasteiger partial charge in [0.15, 0.2) is 0 Å². The average Bonchev–Trinajstić information content (AvgIpc) is 2.27. The summed E-state index contributed by atoms with van der Waals surface area (Å²) in [5.74, 6) is 0.0664. The Labute approximate surface area is 104 Å². The van der Waals surface area contributed by atoms with E-state index in [1.165, 1.54) is 30.3 Å². The molecule has 94 valence electrons. The van der Waals surface area contributed by atoms with Crippen LogP contribution in [0, 0.1) is 0 Å². The van der Waals surface area contributed by atoms with Crippen molar-refractivity contribution in [2.75, 3.05) is 0 Å². The second-order valence-electron chi connectivity index (χ2n) is 4.13. The zero-order chi connectivity index (χ0) is 13.1. The Morgan fingerprint density at radius 2 is 1.28 bits per heavy atom. The second-order valence-corrected chi connectivity index (χ2v) is 4.13. The molecule has 4 nitrogen and oxygen atoms in total. The molecule has 0 unspecified atom stereocenters. The third-order valence-electron chi connectivity index (χ3n) is 2.75. The first-order chi connectivity index (χ1) is 8.56. The molecule has 0 bridgehead atoms. The predicted octanol–water partition coefficient (Wildman–Crippen LogP) is 2.29. The molecule has 0 saturated heterocycles. The van der Waals surface area contributed by atoms with Crippen molar-refractivity contribution in [1.82, 2.24) is 0 Å². The molecular formula is C14H14O4. The van der Waals surface area contributed by atoms with Gasteiger partial charge in [-0.2, -0.15) is 0 Å². The molecule has 0 aliphatic carbocycles. The number of aryl methyl sites for hydroxylation is 1. The lowest BCUT2D eigenvalue weighted by atomic mass is 10.0. The van der Waals surface area contributed by atoms with Crippen LogP contribution >= 0.6 is 0 Å². The number of rotatable bonds is 3. The van der Waals surface area contributed by atoms with E-state index in [4.69, 9.17) is 0 Å². The van der Waals surface area contributed by atoms with Gasteiger partial charge < -0.3 is 20.4 Å². The van der Waals surface area contributed by atoms with Crippen molar-refractivity contribution in [2.24, 2.45) is 0 Å². The zero-order valence-corrected chi connectivity index (χ0v) is 9.67. The first-order valence-corrected chi connectivity index (χ1v) is 5.58. The van der Waals surface area contributed by atoms with Crippen LogP contribution in [0.15, 0.2) is 36.4 Å². The Kier molecular flexibility index (Phi) is 3.28. The quantitative estimate of drug-likeness (QED) is 0.669. The monoisotopic (exact) mass is 246 g/mol. The predicted molar refractivity (Wildman–Crippen MR) is 67.0 cm³/mol. The molecule has 2 rings (SSSR count). The maximum Gasteiger partial charge on any atom is 0.122 e. The van der Waals surface area contributed by atoms with Gasteiger partial charge in [-0.1, -0.05) is 6.07 Å². The fourth-order valence-corrected chi connectivity index (χ4v) is 1.89. The van der Waals surface area contributed by atoms with Gasteiger partial charge in [-0.05, 0) is 42.7 Å². The molecule has 2 aromatic rings. The van der Waals surface area contributed by atoms with Gasteiger partial charge >= 0.3 is 0 Å². The number of phenolic OH excluding ortho intramolecular Hbond substituents is 4. The van der Waals surface area contributed by atoms with E-state index in [-0.39, 0.29) is 23.0 Å². The van der Waals surface area contributed by atoms with Crippen LogP contribution in [0.25, 0.3) is 0 Å². The Morgan fingerprint density at radius 1 is 0.722 bits per heavy atom. The Morgan fingerprint density at radius 3 is 1.83 bits per heavy atom. The van der Waals surface area contributed by atoms with Crippen LogP contribution in [0.1, 0.15) is 11.1 Å². The highest BCUT2D eigenvalue weighted by Gasteiger charge is 2.07. The number of hydrogen-bond acceptors (Lipinski definition) is 4. The standard InChI is InChI=1S/C14H14O4/c15-10-6-9(7-11(16)8-10)4-5-12-13(17)2-1-3-14(12)18/h1-3,6-8,15-18H,4-5H2. The summed E-state index contributed by atoms with van der Waals surface area (Å²) >= 11 is 0. The highest BCUT2D eigenvalue weighted by atomic mass is 16.3. The smallest absolute Gasteiger partial charge is 0.122 e. The van der Waals surface area contributed by atoms with Crippen molar-refractivity contribution in [3.8, 4) is 23.0 Å². The fourth-order valence-electron chi connectivity index (χ4n) is 1.89. The number of benzene rings is 2. The van der Waals surface area contributed by atoms with E-state index >= 15 is 0 Å². The van der Waals surface area contributed by atoms with Crippen LogP contribution in [0.3, 0.4) is 0 Å². The van der Waals surface area contributed by atoms with Gasteiger partial charge in [0.25, 0.3) is 0 Å². The molecule has 0 amide bonds. The molecule has 4 heteroatoms. The first-order valence-electron chi connectivity index (χ1n) is 5.58. The molecule has 0 aliphatic heterocycles. The lowest BCUT2D eigenvalue weighted by Crippen LogP contribution is -1.92. The molecule has 0 radical (unpaired) electrons. The highest BCUT2D eigenvalue weighted by Crippen LogP contribution is 2.28. The lowest BCUT2D eigenvalue weighted by molar-refractivity contribution is 0.438. The summed E-state index contributed by atoms with van der Waals surface area (Å²) in [5.41, 5.74) is 1.19. The van der Waals surface area contributed by atoms with Crippen molar-refractivity contribution < 1.29 is 20.4 Å². The molecule has 0 aromatic heterocycles. The van der Waals surface area contributed by atoms with Crippen molar-refractivity contribution >= 4 is 0 Å². The van der Waals surface area contributed by atoms with E-state index in [1.807, 2.05) is 0 Å². The minimum atomic E-state index is -0.00787. The van der Waals surface area contributed by atoms with Crippen LogP contribution < -0.4 is 0 Å². The van der Waals surface area contributed by atoms with Gasteiger partial charge in [0.2, 0.25) is 0 Å². The van der Waals surface area contributed by atoms with Gasteiger partial charge in [0.05, 0.1) is 0 Å². The van der Waals surface area contributed by atoms with Gasteiger partial charge in [0, 0.05) is 11.6 Å². The Bertz CT molecular complexity index is 523. The maximum atomic E-state index is 9.62. The molecule has 18 heavy (non-hydrogen) atoms. The summed E-state index contributed by atoms with van der Waals surface area (Å²) in [4.78, 5) is 0. The normalized spacial score (nSPS) is 10.4. The van der Waals surface area contributed by atoms with Crippen molar-refractivity contribution in [1.29, 1.82) is 0 Å². The van der Waals surface area contributed by atoms with Gasteiger partial charge in [0.1, 0.15) is 23.0 Å². The zero-order valence-electron chi connectivity index (χ0n) is 9.67. The molecular weight excluding hydrogens is 232 g/mol. The summed E-state index contributed by atoms with van der Waals surface area (Å²) in [7, 11) is 0. The minimum absolute atomic E-state index is 0.00787. The summed E-state index contributed by atoms with van der Waals surface area (Å²) in [5, 5.41) is 37.9. The van der Waals surface area contributed by atoms with Crippen molar-refractivity contribution in [3.63, 3.8) is 0 Å². The summed E-state index contributed by atoms with van der Waals surface area (Å²) in [6.45, 7) is 0. The van der Waals surface area contributed by atoms with E-state index < -0.39 is 0 Å². The summed E-state index contributed by atoms with van der Waals surface area (Å²) < 4.78 is 0. The van der Waals surface area contributed by atoms with Gasteiger partial charge in [-0.25, -0.2) is 0 Å². The fraction of sp³-hybridized carbons (Fsp3) is 0.143. The van der Waals surface area contributed by atoms with Crippen LogP contribution in [0.2, 0.25) is 0 Å². The molecule has 0 atom stereocenters. The van der Waals surface area contributed by atoms with Crippen molar-refractivity contribution in [2.45, 2.75) is 12.8 Å². The topological polar surface area (TPSA) is 80.9 Å². The molecule has 2 aromatic carbocycles. The van der Waals surface area contributed by atoms with Crippen LogP contribution in [0.5, 0.6) is 23.0 Å². The second kappa shape index (κ2) is 4.87. The number of aromatic hydroxyl groups is 4. The van der Waals surface area contributed by atoms with E-state index in [2.05, 4.69) is 0 Å². The molecule has 4 N–H and O–H groups in total. The number of phenols is 4. The Balaban J connectivity index is 2.16. The van der Waals surface area contributed by atoms with Crippen LogP contribution in [-0.4, -0.2) is 20.4 Å². The molecule has 0 fully saturated rings. The minimum Gasteiger partial charge on any atom is -0.508 e. The highest BCUT2D eigenvalue weighted by molar-refractivity contribution is 5.44. The molecule has 0 aliphatic rings. The summed E-state index contributed by atoms with van der Waals surface area (Å²) in [6.07, 6.45) is 0.911. The SMILES string of the molecule is Oc1cc(O)cc(CCc2c(O)cccc2O)c1. The van der Waals surface area contributed by atoms with Gasteiger partial charge in [-0.3, -0.25) is 0 Å². The largest absolute Gasteiger partial charge is 0.508 e. The third-order valence-corrected chi connectivity index (χ3v) is 2.75.